The van der Waals surface area contributed by atoms with Crippen molar-refractivity contribution in [1.29, 1.82) is 0 Å². The number of aliphatic hydroxyl groups excluding tert-OH is 1. The Bertz CT molecular complexity index is 1680. The maximum Gasteiger partial charge on any atom is 0.329 e. The molecule has 4 aliphatic rings. The van der Waals surface area contributed by atoms with Crippen LogP contribution in [0.1, 0.15) is 115 Å². The standard InChI is InChI=1S/C40H55N3O12/c1-38-17-14-27(44)22-25(38)10-11-28-29(38)15-18-39(2)30(28)16-19-40(39,52)31(45)23-55-34(48)13-12-32(46)41-20-5-3-4-9-33(47)42-35(37(50)51)36(49)24-7-6-8-26(21-24)43(53)54/h6-8,21-22,28-30,35-36,43,49,52-53H,3-5,9-20,23H2,1-2H3,(H,41,46)(H,42,47)(H,50,51)/t28-,29+,30+,35-,36+,38-,39+,40-/m0/s1. The number of ketones is 2. The van der Waals surface area contributed by atoms with Crippen molar-refractivity contribution in [2.75, 3.05) is 13.2 Å². The van der Waals surface area contributed by atoms with E-state index in [0.717, 1.165) is 38.2 Å². The predicted octanol–water partition coefficient (Wildman–Crippen LogP) is 2.52. The van der Waals surface area contributed by atoms with Gasteiger partial charge in [0.05, 0.1) is 6.42 Å². The van der Waals surface area contributed by atoms with Crippen LogP contribution in [0.5, 0.6) is 0 Å². The van der Waals surface area contributed by atoms with Crippen LogP contribution < -0.4 is 15.9 Å². The zero-order valence-corrected chi connectivity index (χ0v) is 31.6. The number of amides is 2. The number of nitrogens with one attached hydrogen (secondary N) is 3. The minimum atomic E-state index is -1.69. The van der Waals surface area contributed by atoms with Gasteiger partial charge in [-0.1, -0.05) is 38.0 Å². The van der Waals surface area contributed by atoms with E-state index in [1.807, 2.05) is 13.0 Å². The summed E-state index contributed by atoms with van der Waals surface area (Å²) in [5.41, 5.74) is -1.10. The summed E-state index contributed by atoms with van der Waals surface area (Å²) in [6.07, 6.45) is 6.94. The van der Waals surface area contributed by atoms with E-state index in [1.165, 1.54) is 23.8 Å². The van der Waals surface area contributed by atoms with Crippen molar-refractivity contribution in [1.82, 2.24) is 10.6 Å². The third-order valence-corrected chi connectivity index (χ3v) is 13.3. The Morgan fingerprint density at radius 1 is 0.964 bits per heavy atom. The highest BCUT2D eigenvalue weighted by Crippen LogP contribution is 2.67. The van der Waals surface area contributed by atoms with Gasteiger partial charge in [-0.2, -0.15) is 5.23 Å². The lowest BCUT2D eigenvalue weighted by atomic mass is 9.46. The maximum atomic E-state index is 13.5. The minimum Gasteiger partial charge on any atom is -0.595 e. The number of carboxylic acids is 1. The molecule has 0 bridgehead atoms. The molecule has 1 unspecified atom stereocenters. The van der Waals surface area contributed by atoms with E-state index in [1.54, 1.807) is 0 Å². The van der Waals surface area contributed by atoms with Crippen LogP contribution in [-0.2, 0) is 33.5 Å². The number of quaternary nitrogens is 1. The normalized spacial score (nSPS) is 30.0. The first-order valence-corrected chi connectivity index (χ1v) is 19.5. The van der Waals surface area contributed by atoms with Gasteiger partial charge in [-0.05, 0) is 92.6 Å². The summed E-state index contributed by atoms with van der Waals surface area (Å²) in [5.74, 6) is -2.59. The van der Waals surface area contributed by atoms with E-state index in [9.17, 15) is 49.3 Å². The average Bonchev–Trinajstić information content (AvgIpc) is 3.44. The molecule has 1 aromatic rings. The first kappa shape index (κ1) is 42.1. The Morgan fingerprint density at radius 2 is 1.71 bits per heavy atom. The van der Waals surface area contributed by atoms with Crippen LogP contribution >= 0.6 is 0 Å². The van der Waals surface area contributed by atoms with Gasteiger partial charge in [-0.15, -0.1) is 0 Å². The lowest BCUT2D eigenvalue weighted by Gasteiger charge is -2.58. The largest absolute Gasteiger partial charge is 0.595 e. The molecule has 15 nitrogen and oxygen atoms in total. The number of hydrogen-bond donors (Lipinski definition) is 7. The third-order valence-electron chi connectivity index (χ3n) is 13.3. The van der Waals surface area contributed by atoms with Crippen LogP contribution in [0, 0.1) is 33.8 Å². The Morgan fingerprint density at radius 3 is 2.44 bits per heavy atom. The fraction of sp³-hybridized carbons (Fsp3) is 0.650. The highest BCUT2D eigenvalue weighted by molar-refractivity contribution is 5.92. The molecule has 0 aromatic heterocycles. The van der Waals surface area contributed by atoms with Crippen LogP contribution in [0.4, 0.5) is 5.69 Å². The van der Waals surface area contributed by atoms with Gasteiger partial charge in [0.2, 0.25) is 17.6 Å². The van der Waals surface area contributed by atoms with Gasteiger partial charge in [-0.25, -0.2) is 10.0 Å². The summed E-state index contributed by atoms with van der Waals surface area (Å²) < 4.78 is 5.25. The number of hydrogen-bond acceptors (Lipinski definition) is 11. The molecule has 4 aliphatic carbocycles. The van der Waals surface area contributed by atoms with Gasteiger partial charge in [0.1, 0.15) is 11.7 Å². The number of ether oxygens (including phenoxy) is 1. The number of carbonyl (C=O) groups is 6. The van der Waals surface area contributed by atoms with Crippen LogP contribution in [0.2, 0.25) is 0 Å². The Labute approximate surface area is 320 Å². The van der Waals surface area contributed by atoms with Crippen molar-refractivity contribution in [3.05, 3.63) is 46.7 Å². The molecular formula is C40H55N3O12. The molecule has 0 saturated heterocycles. The molecule has 0 heterocycles. The lowest BCUT2D eigenvalue weighted by Crippen LogP contribution is -2.99. The lowest BCUT2D eigenvalue weighted by molar-refractivity contribution is -0.991. The number of carboxylic acid groups (broad SMARTS) is 1. The van der Waals surface area contributed by atoms with Crippen molar-refractivity contribution in [2.24, 2.45) is 28.6 Å². The molecule has 7 N–H and O–H groups in total. The summed E-state index contributed by atoms with van der Waals surface area (Å²) in [7, 11) is 0. The maximum absolute atomic E-state index is 13.5. The molecule has 302 valence electrons. The van der Waals surface area contributed by atoms with Gasteiger partial charge in [0.15, 0.2) is 24.1 Å². The van der Waals surface area contributed by atoms with E-state index in [4.69, 9.17) is 9.94 Å². The summed E-state index contributed by atoms with van der Waals surface area (Å²) in [5, 5.41) is 56.0. The smallest absolute Gasteiger partial charge is 0.329 e. The monoisotopic (exact) mass is 769 g/mol. The molecule has 3 fully saturated rings. The van der Waals surface area contributed by atoms with Crippen LogP contribution in [0.15, 0.2) is 35.9 Å². The van der Waals surface area contributed by atoms with Gasteiger partial charge in [-0.3, -0.25) is 24.0 Å². The number of aliphatic carboxylic acids is 1. The van der Waals surface area contributed by atoms with Gasteiger partial charge in [0.25, 0.3) is 0 Å². The molecule has 15 heteroatoms. The molecule has 3 saturated carbocycles. The molecule has 0 radical (unpaired) electrons. The Kier molecular flexibility index (Phi) is 13.3. The van der Waals surface area contributed by atoms with E-state index < -0.39 is 64.5 Å². The molecule has 5 rings (SSSR count). The minimum absolute atomic E-state index is 0.0206. The Hall–Kier alpha value is -4.02. The van der Waals surface area contributed by atoms with E-state index in [2.05, 4.69) is 17.6 Å². The average molecular weight is 770 g/mol. The zero-order chi connectivity index (χ0) is 40.1. The van der Waals surface area contributed by atoms with E-state index in [0.29, 0.717) is 50.4 Å². The summed E-state index contributed by atoms with van der Waals surface area (Å²) in [4.78, 5) is 74.6. The van der Waals surface area contributed by atoms with E-state index >= 15 is 0 Å². The van der Waals surface area contributed by atoms with Gasteiger partial charge in [0, 0.05) is 43.4 Å². The van der Waals surface area contributed by atoms with Crippen LogP contribution in [0.25, 0.3) is 0 Å². The highest BCUT2D eigenvalue weighted by atomic mass is 16.8. The first-order valence-electron chi connectivity index (χ1n) is 19.5. The number of Topliss-reactive ketones (excluding diaryl/α,β-unsaturated/α-hetero) is 1. The molecule has 55 heavy (non-hydrogen) atoms. The summed E-state index contributed by atoms with van der Waals surface area (Å²) >= 11 is 0. The summed E-state index contributed by atoms with van der Waals surface area (Å²) in [6, 6.07) is 3.47. The van der Waals surface area contributed by atoms with Crippen molar-refractivity contribution in [3.8, 4) is 0 Å². The van der Waals surface area contributed by atoms with Crippen LogP contribution in [-0.4, -0.2) is 80.6 Å². The quantitative estimate of drug-likeness (QED) is 0.0687. The first-order chi connectivity index (χ1) is 26.0. The van der Waals surface area contributed by atoms with Gasteiger partial charge >= 0.3 is 11.9 Å². The van der Waals surface area contributed by atoms with Gasteiger partial charge < -0.3 is 35.9 Å². The molecule has 0 aliphatic heterocycles. The SMILES string of the molecule is C[C@]12CCC(=O)C=C1CC[C@H]1[C@H]2CC[C@]2(C)[C@@H]1CC[C@]2(O)C(=O)COC(=O)CCC(=O)NCCCCCC(=O)N[C@H](C(=O)O)[C@H](O)c1cccc([NH+]([O-])O)c1. The second kappa shape index (κ2) is 17.4. The number of fused-ring (bicyclic) bond motifs is 5. The number of esters is 1. The number of aliphatic hydroxyl groups is 2. The molecule has 2 amide bonds. The third kappa shape index (κ3) is 9.01. The highest BCUT2D eigenvalue weighted by Gasteiger charge is 2.66. The van der Waals surface area contributed by atoms with Crippen molar-refractivity contribution < 1.29 is 59.3 Å². The topological polar surface area (TPSA) is 244 Å². The summed E-state index contributed by atoms with van der Waals surface area (Å²) in [6.45, 7) is 4.00. The molecular weight excluding hydrogens is 714 g/mol. The zero-order valence-electron chi connectivity index (χ0n) is 31.6. The number of unbranched alkanes of at least 4 members (excludes halogenated alkanes) is 2. The predicted molar refractivity (Wildman–Crippen MR) is 195 cm³/mol. The molecule has 0 spiro atoms. The van der Waals surface area contributed by atoms with Crippen molar-refractivity contribution in [3.63, 3.8) is 0 Å². The fourth-order valence-corrected chi connectivity index (χ4v) is 10.1. The fourth-order valence-electron chi connectivity index (χ4n) is 10.1. The van der Waals surface area contributed by atoms with Crippen LogP contribution in [0.3, 0.4) is 0 Å². The molecule has 1 aromatic carbocycles. The van der Waals surface area contributed by atoms with E-state index in [-0.39, 0.29) is 54.2 Å². The second-order valence-corrected chi connectivity index (χ2v) is 16.3. The Balaban J connectivity index is 0.973. The molecule has 9 atom stereocenters. The van der Waals surface area contributed by atoms with Crippen molar-refractivity contribution in [2.45, 2.75) is 121 Å². The second-order valence-electron chi connectivity index (χ2n) is 16.3. The number of allylic oxidation sites excluding steroid dienone is 1. The number of rotatable bonds is 17. The number of benzene rings is 1. The van der Waals surface area contributed by atoms with Crippen molar-refractivity contribution >= 4 is 41.0 Å². The number of carbonyl (C=O) groups excluding carboxylic acids is 5.